The fourth-order valence-electron chi connectivity index (χ4n) is 5.51. The van der Waals surface area contributed by atoms with Crippen LogP contribution in [0.4, 0.5) is 0 Å². The Balaban J connectivity index is 1.53. The summed E-state index contributed by atoms with van der Waals surface area (Å²) in [6, 6.07) is 19.1. The van der Waals surface area contributed by atoms with Crippen LogP contribution in [0.2, 0.25) is 5.02 Å². The predicted molar refractivity (Wildman–Crippen MR) is 128 cm³/mol. The maximum Gasteiger partial charge on any atom is 0.154 e. The van der Waals surface area contributed by atoms with Crippen molar-refractivity contribution in [1.29, 1.82) is 0 Å². The Morgan fingerprint density at radius 3 is 2.58 bits per heavy atom. The molecule has 0 bridgehead atoms. The standard InChI is InChI=1S/C28H23ClO2/c1-15-8-10-17-22-14-21-18(25(22)28(2,3)23(17)12-15)6-5-7-19(21)27-26(29)20-11-9-16(30-4)13-24(20)31-27/h5-13H,14H2,1-4H3. The van der Waals surface area contributed by atoms with Gasteiger partial charge in [0.05, 0.1) is 12.1 Å². The van der Waals surface area contributed by atoms with E-state index in [-0.39, 0.29) is 5.41 Å². The van der Waals surface area contributed by atoms with Crippen LogP contribution in [0.15, 0.2) is 59.0 Å². The SMILES string of the molecule is COc1ccc2c(Cl)c(-c3cccc4c3CC3=C4C(C)(C)c4cc(C)ccc43)oc2c1. The van der Waals surface area contributed by atoms with E-state index < -0.39 is 0 Å². The maximum absolute atomic E-state index is 6.82. The molecule has 2 aliphatic carbocycles. The quantitative estimate of drug-likeness (QED) is 0.326. The number of halogens is 1. The first-order chi connectivity index (χ1) is 14.9. The highest BCUT2D eigenvalue weighted by Gasteiger charge is 2.43. The third-order valence-corrected chi connectivity index (χ3v) is 7.36. The number of aryl methyl sites for hydroxylation is 1. The minimum Gasteiger partial charge on any atom is -0.497 e. The molecule has 2 nitrogen and oxygen atoms in total. The highest BCUT2D eigenvalue weighted by molar-refractivity contribution is 6.38. The van der Waals surface area contributed by atoms with E-state index in [1.54, 1.807) is 7.11 Å². The normalized spacial score (nSPS) is 15.9. The van der Waals surface area contributed by atoms with E-state index in [0.29, 0.717) is 5.02 Å². The van der Waals surface area contributed by atoms with E-state index in [2.05, 4.69) is 57.2 Å². The molecular formula is C28H23ClO2. The molecule has 1 aromatic heterocycles. The summed E-state index contributed by atoms with van der Waals surface area (Å²) in [7, 11) is 1.66. The van der Waals surface area contributed by atoms with Crippen molar-refractivity contribution < 1.29 is 9.15 Å². The Morgan fingerprint density at radius 1 is 0.968 bits per heavy atom. The van der Waals surface area contributed by atoms with Crippen LogP contribution in [0.1, 0.15) is 41.7 Å². The molecular weight excluding hydrogens is 404 g/mol. The number of hydrogen-bond donors (Lipinski definition) is 0. The minimum absolute atomic E-state index is 0.0222. The summed E-state index contributed by atoms with van der Waals surface area (Å²) in [5.74, 6) is 1.50. The molecule has 0 atom stereocenters. The van der Waals surface area contributed by atoms with Crippen molar-refractivity contribution in [3.63, 3.8) is 0 Å². The number of allylic oxidation sites excluding steroid dienone is 2. The van der Waals surface area contributed by atoms with Crippen LogP contribution in [0.5, 0.6) is 5.75 Å². The fraction of sp³-hybridized carbons (Fsp3) is 0.214. The number of methoxy groups -OCH3 is 1. The van der Waals surface area contributed by atoms with Crippen molar-refractivity contribution >= 4 is 33.7 Å². The molecule has 0 aliphatic heterocycles. The first-order valence-corrected chi connectivity index (χ1v) is 11.0. The molecule has 0 N–H and O–H groups in total. The molecule has 31 heavy (non-hydrogen) atoms. The van der Waals surface area contributed by atoms with Crippen LogP contribution in [-0.4, -0.2) is 7.11 Å². The van der Waals surface area contributed by atoms with E-state index >= 15 is 0 Å². The third-order valence-electron chi connectivity index (χ3n) is 6.98. The van der Waals surface area contributed by atoms with Crippen molar-refractivity contribution in [3.05, 3.63) is 87.4 Å². The van der Waals surface area contributed by atoms with Gasteiger partial charge in [-0.25, -0.2) is 0 Å². The van der Waals surface area contributed by atoms with Crippen molar-refractivity contribution in [1.82, 2.24) is 0 Å². The molecule has 0 radical (unpaired) electrons. The zero-order valence-electron chi connectivity index (χ0n) is 18.1. The van der Waals surface area contributed by atoms with Crippen molar-refractivity contribution in [3.8, 4) is 17.1 Å². The number of rotatable bonds is 2. The molecule has 0 spiro atoms. The molecule has 1 heterocycles. The molecule has 6 rings (SSSR count). The minimum atomic E-state index is -0.0222. The van der Waals surface area contributed by atoms with Gasteiger partial charge < -0.3 is 9.15 Å². The van der Waals surface area contributed by atoms with E-state index in [1.807, 2.05) is 18.2 Å². The van der Waals surface area contributed by atoms with E-state index in [4.69, 9.17) is 20.8 Å². The average Bonchev–Trinajstić information content (AvgIpc) is 3.37. The van der Waals surface area contributed by atoms with Crippen LogP contribution >= 0.6 is 11.6 Å². The van der Waals surface area contributed by atoms with Gasteiger partial charge in [0.2, 0.25) is 0 Å². The summed E-state index contributed by atoms with van der Waals surface area (Å²) >= 11 is 6.82. The van der Waals surface area contributed by atoms with Gasteiger partial charge in [-0.2, -0.15) is 0 Å². The summed E-state index contributed by atoms with van der Waals surface area (Å²) in [6.45, 7) is 6.86. The highest BCUT2D eigenvalue weighted by Crippen LogP contribution is 2.57. The number of furan rings is 1. The monoisotopic (exact) mass is 426 g/mol. The number of fused-ring (bicyclic) bond motifs is 5. The van der Waals surface area contributed by atoms with E-state index in [0.717, 1.165) is 34.5 Å². The first-order valence-electron chi connectivity index (χ1n) is 10.6. The highest BCUT2D eigenvalue weighted by atomic mass is 35.5. The predicted octanol–water partition coefficient (Wildman–Crippen LogP) is 7.83. The molecule has 3 heteroatoms. The van der Waals surface area contributed by atoms with Gasteiger partial charge >= 0.3 is 0 Å². The second kappa shape index (κ2) is 6.27. The molecule has 0 amide bonds. The van der Waals surface area contributed by atoms with Crippen molar-refractivity contribution in [2.24, 2.45) is 0 Å². The Bertz CT molecular complexity index is 1440. The summed E-state index contributed by atoms with van der Waals surface area (Å²) in [6.07, 6.45) is 0.900. The van der Waals surface area contributed by atoms with Gasteiger partial charge in [0.1, 0.15) is 11.3 Å². The molecule has 154 valence electrons. The average molecular weight is 427 g/mol. The molecule has 4 aromatic rings. The summed E-state index contributed by atoms with van der Waals surface area (Å²) in [5.41, 5.74) is 11.4. The lowest BCUT2D eigenvalue weighted by Gasteiger charge is -2.26. The number of ether oxygens (including phenoxy) is 1. The number of benzene rings is 3. The van der Waals surface area contributed by atoms with Gasteiger partial charge in [0, 0.05) is 22.4 Å². The van der Waals surface area contributed by atoms with Gasteiger partial charge in [-0.3, -0.25) is 0 Å². The fourth-order valence-corrected chi connectivity index (χ4v) is 5.81. The first kappa shape index (κ1) is 18.8. The zero-order chi connectivity index (χ0) is 21.5. The van der Waals surface area contributed by atoms with Gasteiger partial charge in [-0.15, -0.1) is 0 Å². The molecule has 0 saturated heterocycles. The van der Waals surface area contributed by atoms with Crippen LogP contribution in [-0.2, 0) is 11.8 Å². The summed E-state index contributed by atoms with van der Waals surface area (Å²) in [5, 5.41) is 1.57. The van der Waals surface area contributed by atoms with Gasteiger partial charge in [0.15, 0.2) is 5.76 Å². The smallest absolute Gasteiger partial charge is 0.154 e. The lowest BCUT2D eigenvalue weighted by Crippen LogP contribution is -2.16. The molecule has 0 fully saturated rings. The van der Waals surface area contributed by atoms with Gasteiger partial charge in [0.25, 0.3) is 0 Å². The topological polar surface area (TPSA) is 22.4 Å². The van der Waals surface area contributed by atoms with Crippen LogP contribution in [0.3, 0.4) is 0 Å². The lowest BCUT2D eigenvalue weighted by atomic mass is 9.77. The summed E-state index contributed by atoms with van der Waals surface area (Å²) in [4.78, 5) is 0. The van der Waals surface area contributed by atoms with Crippen LogP contribution in [0, 0.1) is 6.92 Å². The largest absolute Gasteiger partial charge is 0.497 e. The Labute approximate surface area is 187 Å². The zero-order valence-corrected chi connectivity index (χ0v) is 18.9. The molecule has 2 aliphatic rings. The molecule has 3 aromatic carbocycles. The maximum atomic E-state index is 6.82. The molecule has 0 unspecified atom stereocenters. The van der Waals surface area contributed by atoms with E-state index in [9.17, 15) is 0 Å². The van der Waals surface area contributed by atoms with Crippen LogP contribution in [0.25, 0.3) is 33.4 Å². The van der Waals surface area contributed by atoms with Crippen molar-refractivity contribution in [2.75, 3.05) is 7.11 Å². The van der Waals surface area contributed by atoms with E-state index in [1.165, 1.54) is 39.0 Å². The lowest BCUT2D eigenvalue weighted by molar-refractivity contribution is 0.414. The second-order valence-electron chi connectivity index (χ2n) is 9.14. The Kier molecular flexibility index (Phi) is 3.80. The summed E-state index contributed by atoms with van der Waals surface area (Å²) < 4.78 is 11.6. The number of hydrogen-bond acceptors (Lipinski definition) is 2. The second-order valence-corrected chi connectivity index (χ2v) is 9.52. The molecule has 0 saturated carbocycles. The Hall–Kier alpha value is -2.97. The third kappa shape index (κ3) is 2.46. The van der Waals surface area contributed by atoms with Crippen LogP contribution < -0.4 is 4.74 Å². The van der Waals surface area contributed by atoms with Gasteiger partial charge in [-0.1, -0.05) is 67.4 Å². The Morgan fingerprint density at radius 2 is 1.77 bits per heavy atom. The van der Waals surface area contributed by atoms with Crippen molar-refractivity contribution in [2.45, 2.75) is 32.6 Å². The van der Waals surface area contributed by atoms with Gasteiger partial charge in [-0.05, 0) is 58.9 Å².